The summed E-state index contributed by atoms with van der Waals surface area (Å²) in [6, 6.07) is 9.63. The van der Waals surface area contributed by atoms with Crippen LogP contribution in [0.5, 0.6) is 5.75 Å². The summed E-state index contributed by atoms with van der Waals surface area (Å²) in [5.41, 5.74) is 2.73. The number of aromatic nitrogens is 2. The van der Waals surface area contributed by atoms with E-state index in [4.69, 9.17) is 4.74 Å². The lowest BCUT2D eigenvalue weighted by atomic mass is 9.89. The lowest BCUT2D eigenvalue weighted by Crippen LogP contribution is -2.35. The molecule has 0 spiro atoms. The first-order valence-electron chi connectivity index (χ1n) is 9.74. The van der Waals surface area contributed by atoms with Crippen molar-refractivity contribution in [2.24, 2.45) is 0 Å². The van der Waals surface area contributed by atoms with Crippen molar-refractivity contribution in [3.05, 3.63) is 53.8 Å². The van der Waals surface area contributed by atoms with Crippen molar-refractivity contribution in [3.8, 4) is 16.9 Å². The van der Waals surface area contributed by atoms with E-state index in [2.05, 4.69) is 20.0 Å². The number of rotatable bonds is 8. The van der Waals surface area contributed by atoms with Crippen molar-refractivity contribution in [1.82, 2.24) is 9.97 Å². The number of amides is 1. The van der Waals surface area contributed by atoms with Crippen LogP contribution in [0.2, 0.25) is 0 Å². The highest BCUT2D eigenvalue weighted by Crippen LogP contribution is 2.36. The van der Waals surface area contributed by atoms with Gasteiger partial charge in [0, 0.05) is 28.1 Å². The molecule has 1 aliphatic rings. The molecular formula is C22H24N4O2S2. The Morgan fingerprint density at radius 2 is 1.97 bits per heavy atom. The molecule has 8 heteroatoms. The maximum absolute atomic E-state index is 13.0. The molecule has 1 fully saturated rings. The van der Waals surface area contributed by atoms with Gasteiger partial charge in [0.1, 0.15) is 5.75 Å². The Balaban J connectivity index is 1.42. The summed E-state index contributed by atoms with van der Waals surface area (Å²) in [6.45, 7) is 3.79. The Bertz CT molecular complexity index is 1030. The van der Waals surface area contributed by atoms with Gasteiger partial charge < -0.3 is 14.8 Å². The van der Waals surface area contributed by atoms with Crippen LogP contribution in [0.25, 0.3) is 11.1 Å². The topological polar surface area (TPSA) is 76.1 Å². The maximum Gasteiger partial charge on any atom is 0.236 e. The van der Waals surface area contributed by atoms with Gasteiger partial charge >= 0.3 is 0 Å². The molecule has 1 saturated carbocycles. The summed E-state index contributed by atoms with van der Waals surface area (Å²) in [6.07, 6.45) is 5.98. The zero-order chi connectivity index (χ0) is 21.1. The molecule has 0 aliphatic heterocycles. The van der Waals surface area contributed by atoms with Crippen LogP contribution in [-0.2, 0) is 10.2 Å². The fourth-order valence-electron chi connectivity index (χ4n) is 2.77. The van der Waals surface area contributed by atoms with Crippen molar-refractivity contribution in [3.63, 3.8) is 0 Å². The van der Waals surface area contributed by atoms with E-state index in [0.29, 0.717) is 11.0 Å². The Kier molecular flexibility index (Phi) is 5.97. The standard InChI is InChI=1S/C22H24N4O2S2/c1-22(2,19-13-29-21(25-19)26-30-18-8-9-18)20(27)24-16-6-4-14(5-7-16)15-10-17(28-3)12-23-11-15/h4-7,10-13,18H,8-9H2,1-3H3,(H,24,27)(H,25,26). The maximum atomic E-state index is 13.0. The van der Waals surface area contributed by atoms with Crippen molar-refractivity contribution < 1.29 is 9.53 Å². The molecule has 4 rings (SSSR count). The van der Waals surface area contributed by atoms with E-state index in [9.17, 15) is 4.79 Å². The smallest absolute Gasteiger partial charge is 0.236 e. The SMILES string of the molecule is COc1cncc(-c2ccc(NC(=O)C(C)(C)c3csc(NSC4CC4)n3)cc2)c1. The van der Waals surface area contributed by atoms with E-state index in [1.807, 2.05) is 49.6 Å². The molecule has 30 heavy (non-hydrogen) atoms. The molecule has 6 nitrogen and oxygen atoms in total. The van der Waals surface area contributed by atoms with E-state index in [0.717, 1.165) is 27.6 Å². The van der Waals surface area contributed by atoms with Gasteiger partial charge in [-0.1, -0.05) is 12.1 Å². The molecule has 1 aliphatic carbocycles. The Labute approximate surface area is 184 Å². The molecule has 156 valence electrons. The minimum Gasteiger partial charge on any atom is -0.495 e. The highest BCUT2D eigenvalue weighted by Gasteiger charge is 2.33. The first-order valence-corrected chi connectivity index (χ1v) is 11.5. The van der Waals surface area contributed by atoms with Crippen molar-refractivity contribution in [1.29, 1.82) is 0 Å². The third kappa shape index (κ3) is 4.76. The lowest BCUT2D eigenvalue weighted by molar-refractivity contribution is -0.120. The summed E-state index contributed by atoms with van der Waals surface area (Å²) >= 11 is 3.25. The van der Waals surface area contributed by atoms with Crippen LogP contribution in [-0.4, -0.2) is 28.2 Å². The van der Waals surface area contributed by atoms with Crippen LogP contribution >= 0.6 is 23.3 Å². The normalized spacial score (nSPS) is 13.7. The summed E-state index contributed by atoms with van der Waals surface area (Å²) in [7, 11) is 1.62. The number of carbonyl (C=O) groups excluding carboxylic acids is 1. The number of benzene rings is 1. The number of nitrogens with zero attached hydrogens (tertiary/aromatic N) is 2. The number of methoxy groups -OCH3 is 1. The van der Waals surface area contributed by atoms with Crippen LogP contribution < -0.4 is 14.8 Å². The number of ether oxygens (including phenoxy) is 1. The largest absolute Gasteiger partial charge is 0.495 e. The summed E-state index contributed by atoms with van der Waals surface area (Å²) in [5.74, 6) is 0.615. The summed E-state index contributed by atoms with van der Waals surface area (Å²) < 4.78 is 8.53. The molecule has 2 aromatic heterocycles. The fourth-order valence-corrected chi connectivity index (χ4v) is 4.51. The molecule has 3 aromatic rings. The van der Waals surface area contributed by atoms with E-state index >= 15 is 0 Å². The second kappa shape index (κ2) is 8.65. The fraction of sp³-hybridized carbons (Fsp3) is 0.318. The van der Waals surface area contributed by atoms with Gasteiger partial charge in [-0.15, -0.1) is 11.3 Å². The Hall–Kier alpha value is -2.58. The van der Waals surface area contributed by atoms with E-state index in [-0.39, 0.29) is 5.91 Å². The molecule has 0 radical (unpaired) electrons. The van der Waals surface area contributed by atoms with Gasteiger partial charge in [-0.3, -0.25) is 9.78 Å². The predicted molar refractivity (Wildman–Crippen MR) is 124 cm³/mol. The summed E-state index contributed by atoms with van der Waals surface area (Å²) in [4.78, 5) is 21.8. The highest BCUT2D eigenvalue weighted by atomic mass is 32.2. The van der Waals surface area contributed by atoms with E-state index < -0.39 is 5.41 Å². The monoisotopic (exact) mass is 440 g/mol. The average molecular weight is 441 g/mol. The van der Waals surface area contributed by atoms with Gasteiger partial charge in [0.25, 0.3) is 0 Å². The molecule has 0 saturated heterocycles. The van der Waals surface area contributed by atoms with Crippen LogP contribution in [0, 0.1) is 0 Å². The quantitative estimate of drug-likeness (QED) is 0.460. The number of pyridine rings is 1. The molecule has 0 atom stereocenters. The lowest BCUT2D eigenvalue weighted by Gasteiger charge is -2.21. The Morgan fingerprint density at radius 3 is 2.67 bits per heavy atom. The van der Waals surface area contributed by atoms with Gasteiger partial charge in [0.05, 0.1) is 24.4 Å². The number of hydrogen-bond acceptors (Lipinski definition) is 7. The number of hydrogen-bond donors (Lipinski definition) is 2. The van der Waals surface area contributed by atoms with E-state index in [1.165, 1.54) is 24.2 Å². The van der Waals surface area contributed by atoms with Gasteiger partial charge in [0.2, 0.25) is 5.91 Å². The third-order valence-corrected chi connectivity index (χ3v) is 6.98. The van der Waals surface area contributed by atoms with E-state index in [1.54, 1.807) is 31.5 Å². The van der Waals surface area contributed by atoms with Crippen molar-refractivity contribution >= 4 is 40.0 Å². The number of nitrogens with one attached hydrogen (secondary N) is 2. The predicted octanol–water partition coefficient (Wildman–Crippen LogP) is 5.35. The number of carbonyl (C=O) groups is 1. The minimum atomic E-state index is -0.740. The van der Waals surface area contributed by atoms with Gasteiger partial charge in [-0.05, 0) is 62.4 Å². The molecule has 2 heterocycles. The zero-order valence-electron chi connectivity index (χ0n) is 17.1. The van der Waals surface area contributed by atoms with Gasteiger partial charge in [-0.2, -0.15) is 0 Å². The second-order valence-electron chi connectivity index (χ2n) is 7.73. The molecule has 0 bridgehead atoms. The number of anilines is 2. The van der Waals surface area contributed by atoms with Gasteiger partial charge in [-0.25, -0.2) is 4.98 Å². The minimum absolute atomic E-state index is 0.0926. The van der Waals surface area contributed by atoms with Crippen molar-refractivity contribution in [2.75, 3.05) is 17.1 Å². The highest BCUT2D eigenvalue weighted by molar-refractivity contribution is 8.01. The molecule has 0 unspecified atom stereocenters. The molecular weight excluding hydrogens is 416 g/mol. The molecule has 2 N–H and O–H groups in total. The van der Waals surface area contributed by atoms with Gasteiger partial charge in [0.15, 0.2) is 5.13 Å². The van der Waals surface area contributed by atoms with Crippen LogP contribution in [0.4, 0.5) is 10.8 Å². The third-order valence-electron chi connectivity index (χ3n) is 4.97. The number of thiazole rings is 1. The van der Waals surface area contributed by atoms with Crippen molar-refractivity contribution in [2.45, 2.75) is 37.4 Å². The second-order valence-corrected chi connectivity index (χ2v) is 9.69. The molecule has 1 aromatic carbocycles. The average Bonchev–Trinajstić information content (AvgIpc) is 3.47. The van der Waals surface area contributed by atoms with Crippen LogP contribution in [0.15, 0.2) is 48.1 Å². The summed E-state index contributed by atoms with van der Waals surface area (Å²) in [5, 5.41) is 6.51. The van der Waals surface area contributed by atoms with Crippen LogP contribution in [0.1, 0.15) is 32.4 Å². The molecule has 1 amide bonds. The Morgan fingerprint density at radius 1 is 1.20 bits per heavy atom. The first kappa shape index (κ1) is 20.7. The first-order chi connectivity index (χ1) is 14.5. The van der Waals surface area contributed by atoms with Crippen LogP contribution in [0.3, 0.4) is 0 Å². The zero-order valence-corrected chi connectivity index (χ0v) is 18.8.